The van der Waals surface area contributed by atoms with Gasteiger partial charge in [0.1, 0.15) is 17.5 Å². The van der Waals surface area contributed by atoms with Crippen LogP contribution in [0.4, 0.5) is 0 Å². The molecule has 1 aromatic carbocycles. The zero-order chi connectivity index (χ0) is 11.3. The summed E-state index contributed by atoms with van der Waals surface area (Å²) >= 11 is 0. The Morgan fingerprint density at radius 1 is 1.27 bits per heavy atom. The third-order valence-corrected chi connectivity index (χ3v) is 2.24. The molecule has 0 aliphatic heterocycles. The van der Waals surface area contributed by atoms with Crippen molar-refractivity contribution in [1.82, 2.24) is 0 Å². The second-order valence-corrected chi connectivity index (χ2v) is 3.87. The summed E-state index contributed by atoms with van der Waals surface area (Å²) in [5.41, 5.74) is -0.481. The molecule has 0 saturated carbocycles. The van der Waals surface area contributed by atoms with Gasteiger partial charge in [-0.3, -0.25) is 0 Å². The lowest BCUT2D eigenvalue weighted by Crippen LogP contribution is -2.41. The summed E-state index contributed by atoms with van der Waals surface area (Å²) in [6.07, 6.45) is 1.26. The van der Waals surface area contributed by atoms with Crippen molar-refractivity contribution in [2.45, 2.75) is 25.6 Å². The summed E-state index contributed by atoms with van der Waals surface area (Å²) in [5, 5.41) is 0. The maximum absolute atomic E-state index is 5.81. The fourth-order valence-corrected chi connectivity index (χ4v) is 1.44. The minimum Gasteiger partial charge on any atom is -0.485 e. The van der Waals surface area contributed by atoms with Crippen LogP contribution in [0, 0.1) is 6.58 Å². The minimum atomic E-state index is -0.481. The van der Waals surface area contributed by atoms with Gasteiger partial charge >= 0.3 is 0 Å². The van der Waals surface area contributed by atoms with Crippen molar-refractivity contribution in [2.75, 3.05) is 7.11 Å². The quantitative estimate of drug-likeness (QED) is 0.736. The van der Waals surface area contributed by atoms with E-state index >= 15 is 0 Å². The Kier molecular flexibility index (Phi) is 3.92. The molecule has 81 valence electrons. The third-order valence-electron chi connectivity index (χ3n) is 2.24. The van der Waals surface area contributed by atoms with E-state index in [-0.39, 0.29) is 6.10 Å². The predicted molar refractivity (Wildman–Crippen MR) is 60.8 cm³/mol. The van der Waals surface area contributed by atoms with E-state index in [9.17, 15) is 0 Å². The smallest absolute Gasteiger partial charge is 0.133 e. The Morgan fingerprint density at radius 2 is 1.87 bits per heavy atom. The predicted octanol–water partition coefficient (Wildman–Crippen LogP) is 2.85. The fraction of sp³-hybridized carbons (Fsp3) is 0.385. The molecule has 2 nitrogen and oxygen atoms in total. The van der Waals surface area contributed by atoms with Crippen LogP contribution in [0.3, 0.4) is 0 Å². The molecule has 0 aromatic heterocycles. The summed E-state index contributed by atoms with van der Waals surface area (Å²) in [6, 6.07) is 9.62. The van der Waals surface area contributed by atoms with Crippen LogP contribution in [0.2, 0.25) is 0 Å². The highest BCUT2D eigenvalue weighted by atomic mass is 16.5. The van der Waals surface area contributed by atoms with E-state index in [1.165, 1.54) is 6.08 Å². The molecule has 0 aliphatic carbocycles. The topological polar surface area (TPSA) is 18.5 Å². The van der Waals surface area contributed by atoms with Gasteiger partial charge in [-0.2, -0.15) is 0 Å². The Labute approximate surface area is 91.5 Å². The van der Waals surface area contributed by atoms with Gasteiger partial charge in [0.25, 0.3) is 0 Å². The van der Waals surface area contributed by atoms with Crippen LogP contribution in [0.15, 0.2) is 36.4 Å². The molecule has 0 aliphatic rings. The average molecular weight is 205 g/mol. The average Bonchev–Trinajstić information content (AvgIpc) is 2.19. The first-order valence-electron chi connectivity index (χ1n) is 4.92. The van der Waals surface area contributed by atoms with Crippen molar-refractivity contribution in [3.8, 4) is 5.75 Å². The molecule has 1 atom stereocenters. The number of methoxy groups -OCH3 is 1. The Morgan fingerprint density at radius 3 is 2.33 bits per heavy atom. The molecule has 0 N–H and O–H groups in total. The number of hydrogen-bond acceptors (Lipinski definition) is 2. The van der Waals surface area contributed by atoms with Crippen LogP contribution in [0.25, 0.3) is 0 Å². The monoisotopic (exact) mass is 205 g/mol. The lowest BCUT2D eigenvalue weighted by Gasteiger charge is -2.31. The molecule has 1 rings (SSSR count). The number of benzene rings is 1. The van der Waals surface area contributed by atoms with Crippen molar-refractivity contribution in [2.24, 2.45) is 0 Å². The molecule has 1 radical (unpaired) electrons. The molecule has 2 heteroatoms. The van der Waals surface area contributed by atoms with Gasteiger partial charge < -0.3 is 9.47 Å². The summed E-state index contributed by atoms with van der Waals surface area (Å²) in [5.74, 6) is 0.811. The van der Waals surface area contributed by atoms with E-state index in [1.807, 2.05) is 44.2 Å². The molecule has 0 heterocycles. The molecule has 0 amide bonds. The van der Waals surface area contributed by atoms with Crippen molar-refractivity contribution in [1.29, 1.82) is 0 Å². The van der Waals surface area contributed by atoms with E-state index in [0.29, 0.717) is 0 Å². The third kappa shape index (κ3) is 3.10. The Bertz CT molecular complexity index is 304. The van der Waals surface area contributed by atoms with Crippen molar-refractivity contribution >= 4 is 0 Å². The first kappa shape index (κ1) is 11.8. The maximum atomic E-state index is 5.81. The van der Waals surface area contributed by atoms with Gasteiger partial charge in [0.2, 0.25) is 0 Å². The molecule has 1 aromatic rings. The molecular weight excluding hydrogens is 188 g/mol. The normalized spacial score (nSPS) is 13.3. The molecule has 1 unspecified atom stereocenters. The number of rotatable bonds is 5. The second-order valence-electron chi connectivity index (χ2n) is 3.87. The van der Waals surface area contributed by atoms with Crippen LogP contribution in [-0.2, 0) is 4.74 Å². The summed E-state index contributed by atoms with van der Waals surface area (Å²) < 4.78 is 11.0. The van der Waals surface area contributed by atoms with Crippen molar-refractivity contribution in [3.63, 3.8) is 0 Å². The zero-order valence-electron chi connectivity index (χ0n) is 9.44. The van der Waals surface area contributed by atoms with Gasteiger partial charge in [-0.15, -0.1) is 0 Å². The molecule has 15 heavy (non-hydrogen) atoms. The van der Waals surface area contributed by atoms with Crippen molar-refractivity contribution in [3.05, 3.63) is 43.0 Å². The van der Waals surface area contributed by atoms with Crippen LogP contribution in [-0.4, -0.2) is 18.8 Å². The van der Waals surface area contributed by atoms with Gasteiger partial charge in [0.05, 0.1) is 0 Å². The fourth-order valence-electron chi connectivity index (χ4n) is 1.44. The van der Waals surface area contributed by atoms with E-state index in [2.05, 4.69) is 0 Å². The summed E-state index contributed by atoms with van der Waals surface area (Å²) in [7, 11) is 1.62. The first-order valence-corrected chi connectivity index (χ1v) is 4.92. The van der Waals surface area contributed by atoms with Crippen LogP contribution in [0.5, 0.6) is 5.75 Å². The van der Waals surface area contributed by atoms with Gasteiger partial charge in [0.15, 0.2) is 0 Å². The number of hydrogen-bond donors (Lipinski definition) is 0. The van der Waals surface area contributed by atoms with Gasteiger partial charge in [-0.25, -0.2) is 0 Å². The first-order chi connectivity index (χ1) is 7.10. The SMILES string of the molecule is [CH]=CC(OC)C(C)(C)Oc1ccccc1. The molecular formula is C13H17O2. The minimum absolute atomic E-state index is 0.238. The number of para-hydroxylation sites is 1. The van der Waals surface area contributed by atoms with Crippen LogP contribution in [0.1, 0.15) is 13.8 Å². The van der Waals surface area contributed by atoms with E-state index in [4.69, 9.17) is 16.1 Å². The highest BCUT2D eigenvalue weighted by Gasteiger charge is 2.29. The molecule has 0 spiro atoms. The molecule has 0 bridgehead atoms. The maximum Gasteiger partial charge on any atom is 0.133 e. The highest BCUT2D eigenvalue weighted by molar-refractivity contribution is 5.22. The lowest BCUT2D eigenvalue weighted by atomic mass is 10.0. The van der Waals surface area contributed by atoms with Crippen LogP contribution < -0.4 is 4.74 Å². The van der Waals surface area contributed by atoms with Gasteiger partial charge in [-0.05, 0) is 26.0 Å². The highest BCUT2D eigenvalue weighted by Crippen LogP contribution is 2.22. The standard InChI is InChI=1S/C13H17O2/c1-5-12(14-4)13(2,3)15-11-9-7-6-8-10-11/h1,5-10,12H,2-4H3. The zero-order valence-corrected chi connectivity index (χ0v) is 9.44. The Balaban J connectivity index is 2.75. The molecule has 0 fully saturated rings. The van der Waals surface area contributed by atoms with Gasteiger partial charge in [-0.1, -0.05) is 30.9 Å². The lowest BCUT2D eigenvalue weighted by molar-refractivity contribution is -0.0264. The Hall–Kier alpha value is -1.28. The van der Waals surface area contributed by atoms with E-state index in [0.717, 1.165) is 5.75 Å². The molecule has 0 saturated heterocycles. The largest absolute Gasteiger partial charge is 0.485 e. The number of ether oxygens (including phenoxy) is 2. The van der Waals surface area contributed by atoms with Crippen molar-refractivity contribution < 1.29 is 9.47 Å². The van der Waals surface area contributed by atoms with Gasteiger partial charge in [0, 0.05) is 7.11 Å². The second kappa shape index (κ2) is 4.99. The summed E-state index contributed by atoms with van der Waals surface area (Å²) in [6.45, 7) is 9.38. The van der Waals surface area contributed by atoms with E-state index < -0.39 is 5.60 Å². The van der Waals surface area contributed by atoms with E-state index in [1.54, 1.807) is 7.11 Å². The van der Waals surface area contributed by atoms with Crippen LogP contribution >= 0.6 is 0 Å². The summed E-state index contributed by atoms with van der Waals surface area (Å²) in [4.78, 5) is 0.